The van der Waals surface area contributed by atoms with E-state index in [4.69, 9.17) is 14.4 Å². The highest BCUT2D eigenvalue weighted by atomic mass is 19.4. The monoisotopic (exact) mass is 382 g/mol. The van der Waals surface area contributed by atoms with E-state index in [2.05, 4.69) is 10.1 Å². The predicted molar refractivity (Wildman–Crippen MR) is 87.6 cm³/mol. The van der Waals surface area contributed by atoms with Gasteiger partial charge in [-0.25, -0.2) is 4.39 Å². The zero-order chi connectivity index (χ0) is 19.4. The molecule has 1 N–H and O–H groups in total. The van der Waals surface area contributed by atoms with E-state index in [9.17, 15) is 17.6 Å². The Morgan fingerprint density at radius 3 is 2.37 bits per heavy atom. The minimum absolute atomic E-state index is 0.0562. The van der Waals surface area contributed by atoms with Crippen LogP contribution >= 0.6 is 0 Å². The van der Waals surface area contributed by atoms with Crippen molar-refractivity contribution in [1.82, 2.24) is 10.1 Å². The topological polar surface area (TPSA) is 68.4 Å². The van der Waals surface area contributed by atoms with Crippen LogP contribution in [0, 0.1) is 0 Å². The number of halogens is 4. The van der Waals surface area contributed by atoms with Crippen LogP contribution in [0.25, 0.3) is 22.8 Å². The van der Waals surface area contributed by atoms with Gasteiger partial charge in [-0.15, -0.1) is 0 Å². The van der Waals surface area contributed by atoms with Crippen LogP contribution in [-0.2, 0) is 12.8 Å². The van der Waals surface area contributed by atoms with Crippen molar-refractivity contribution < 1.29 is 31.9 Å². The van der Waals surface area contributed by atoms with Crippen LogP contribution in [-0.4, -0.2) is 28.5 Å². The Hall–Kier alpha value is -2.94. The lowest BCUT2D eigenvalue weighted by atomic mass is 10.1. The molecule has 0 amide bonds. The second-order valence-corrected chi connectivity index (χ2v) is 5.52. The summed E-state index contributed by atoms with van der Waals surface area (Å²) in [6.45, 7) is -1.49. The molecule has 0 unspecified atom stereocenters. The van der Waals surface area contributed by atoms with Crippen LogP contribution < -0.4 is 4.74 Å². The van der Waals surface area contributed by atoms with E-state index >= 15 is 0 Å². The molecule has 0 saturated heterocycles. The normalized spacial score (nSPS) is 11.6. The fourth-order valence-electron chi connectivity index (χ4n) is 2.38. The summed E-state index contributed by atoms with van der Waals surface area (Å²) in [5, 5.41) is 12.8. The van der Waals surface area contributed by atoms with E-state index in [1.807, 2.05) is 0 Å². The smallest absolute Gasteiger partial charge is 0.419 e. The van der Waals surface area contributed by atoms with E-state index in [1.165, 1.54) is 6.07 Å². The van der Waals surface area contributed by atoms with Crippen molar-refractivity contribution in [1.29, 1.82) is 0 Å². The molecule has 2 aromatic carbocycles. The SMILES string of the molecule is OCc1ccc(-c2noc(-c3ccc(OCCF)c(C(F)(F)F)c3)n2)cc1. The zero-order valence-electron chi connectivity index (χ0n) is 13.8. The summed E-state index contributed by atoms with van der Waals surface area (Å²) in [5.41, 5.74) is 0.281. The highest BCUT2D eigenvalue weighted by Crippen LogP contribution is 2.38. The molecule has 0 aliphatic rings. The number of aliphatic hydroxyl groups excluding tert-OH is 1. The van der Waals surface area contributed by atoms with Gasteiger partial charge in [0.05, 0.1) is 12.2 Å². The first kappa shape index (κ1) is 18.8. The average molecular weight is 382 g/mol. The molecule has 0 spiro atoms. The van der Waals surface area contributed by atoms with E-state index in [-0.39, 0.29) is 23.9 Å². The summed E-state index contributed by atoms with van der Waals surface area (Å²) in [6.07, 6.45) is -4.69. The molecule has 27 heavy (non-hydrogen) atoms. The molecular formula is C18H14F4N2O3. The van der Waals surface area contributed by atoms with Crippen LogP contribution in [0.5, 0.6) is 5.75 Å². The number of benzene rings is 2. The molecule has 0 aliphatic carbocycles. The summed E-state index contributed by atoms with van der Waals surface area (Å²) in [4.78, 5) is 4.11. The van der Waals surface area contributed by atoms with Gasteiger partial charge in [0.25, 0.3) is 5.89 Å². The van der Waals surface area contributed by atoms with Crippen molar-refractivity contribution in [2.75, 3.05) is 13.3 Å². The quantitative estimate of drug-likeness (QED) is 0.645. The van der Waals surface area contributed by atoms with Crippen LogP contribution in [0.1, 0.15) is 11.1 Å². The Morgan fingerprint density at radius 1 is 1.04 bits per heavy atom. The van der Waals surface area contributed by atoms with Gasteiger partial charge in [-0.3, -0.25) is 0 Å². The standard InChI is InChI=1S/C18H14F4N2O3/c19-7-8-26-15-6-5-13(9-14(15)18(20,21)22)17-23-16(24-27-17)12-3-1-11(10-25)2-4-12/h1-6,9,25H,7-8,10H2. The summed E-state index contributed by atoms with van der Waals surface area (Å²) in [6, 6.07) is 9.90. The number of alkyl halides is 4. The number of aliphatic hydroxyl groups is 1. The van der Waals surface area contributed by atoms with Gasteiger partial charge in [-0.2, -0.15) is 18.2 Å². The Balaban J connectivity index is 1.93. The van der Waals surface area contributed by atoms with Crippen molar-refractivity contribution in [3.05, 3.63) is 53.6 Å². The average Bonchev–Trinajstić information content (AvgIpc) is 3.15. The molecule has 1 aromatic heterocycles. The third-order valence-corrected chi connectivity index (χ3v) is 3.69. The molecule has 1 heterocycles. The number of aromatic nitrogens is 2. The van der Waals surface area contributed by atoms with Gasteiger partial charge in [0, 0.05) is 11.1 Å². The fraction of sp³-hybridized carbons (Fsp3) is 0.222. The summed E-state index contributed by atoms with van der Waals surface area (Å²) < 4.78 is 61.9. The van der Waals surface area contributed by atoms with Crippen molar-refractivity contribution in [3.63, 3.8) is 0 Å². The van der Waals surface area contributed by atoms with Crippen molar-refractivity contribution >= 4 is 0 Å². The van der Waals surface area contributed by atoms with Crippen LogP contribution in [0.3, 0.4) is 0 Å². The lowest BCUT2D eigenvalue weighted by Gasteiger charge is -2.13. The van der Waals surface area contributed by atoms with Crippen molar-refractivity contribution in [3.8, 4) is 28.6 Å². The van der Waals surface area contributed by atoms with Gasteiger partial charge >= 0.3 is 6.18 Å². The highest BCUT2D eigenvalue weighted by Gasteiger charge is 2.35. The predicted octanol–water partition coefficient (Wildman–Crippen LogP) is 4.26. The highest BCUT2D eigenvalue weighted by molar-refractivity contribution is 5.62. The minimum Gasteiger partial charge on any atom is -0.490 e. The summed E-state index contributed by atoms with van der Waals surface area (Å²) in [5.74, 6) is -0.372. The lowest BCUT2D eigenvalue weighted by Crippen LogP contribution is -2.10. The summed E-state index contributed by atoms with van der Waals surface area (Å²) >= 11 is 0. The number of ether oxygens (including phenoxy) is 1. The first-order chi connectivity index (χ1) is 12.9. The molecule has 0 fully saturated rings. The molecule has 0 saturated carbocycles. The fourth-order valence-corrected chi connectivity index (χ4v) is 2.38. The summed E-state index contributed by atoms with van der Waals surface area (Å²) in [7, 11) is 0. The third kappa shape index (κ3) is 4.25. The van der Waals surface area contributed by atoms with Crippen molar-refractivity contribution in [2.45, 2.75) is 12.8 Å². The van der Waals surface area contributed by atoms with E-state index < -0.39 is 30.8 Å². The maximum Gasteiger partial charge on any atom is 0.419 e. The number of hydrogen-bond donors (Lipinski definition) is 1. The molecule has 0 aliphatic heterocycles. The number of hydrogen-bond acceptors (Lipinski definition) is 5. The maximum absolute atomic E-state index is 13.3. The Morgan fingerprint density at radius 2 is 1.74 bits per heavy atom. The van der Waals surface area contributed by atoms with E-state index in [0.29, 0.717) is 11.1 Å². The molecule has 0 atom stereocenters. The van der Waals surface area contributed by atoms with Gasteiger partial charge in [-0.1, -0.05) is 29.4 Å². The van der Waals surface area contributed by atoms with Gasteiger partial charge in [-0.05, 0) is 23.8 Å². The van der Waals surface area contributed by atoms with Gasteiger partial charge in [0.1, 0.15) is 19.0 Å². The van der Waals surface area contributed by atoms with Gasteiger partial charge < -0.3 is 14.4 Å². The Kier molecular flexibility index (Phi) is 5.41. The van der Waals surface area contributed by atoms with Gasteiger partial charge in [0.2, 0.25) is 5.82 Å². The molecular weight excluding hydrogens is 368 g/mol. The lowest BCUT2D eigenvalue weighted by molar-refractivity contribution is -0.138. The second kappa shape index (κ2) is 7.75. The van der Waals surface area contributed by atoms with Crippen LogP contribution in [0.2, 0.25) is 0 Å². The molecule has 9 heteroatoms. The molecule has 142 valence electrons. The van der Waals surface area contributed by atoms with Crippen molar-refractivity contribution in [2.24, 2.45) is 0 Å². The van der Waals surface area contributed by atoms with Crippen LogP contribution in [0.4, 0.5) is 17.6 Å². The van der Waals surface area contributed by atoms with E-state index in [1.54, 1.807) is 24.3 Å². The number of nitrogens with zero attached hydrogens (tertiary/aromatic N) is 2. The van der Waals surface area contributed by atoms with E-state index in [0.717, 1.165) is 12.1 Å². The molecule has 0 radical (unpaired) electrons. The molecule has 3 aromatic rings. The second-order valence-electron chi connectivity index (χ2n) is 5.52. The third-order valence-electron chi connectivity index (χ3n) is 3.69. The van der Waals surface area contributed by atoms with Crippen LogP contribution in [0.15, 0.2) is 47.0 Å². The Labute approximate surface area is 151 Å². The minimum atomic E-state index is -4.69. The largest absolute Gasteiger partial charge is 0.490 e. The first-order valence-electron chi connectivity index (χ1n) is 7.86. The molecule has 5 nitrogen and oxygen atoms in total. The zero-order valence-corrected chi connectivity index (χ0v) is 13.8. The Bertz CT molecular complexity index is 908. The maximum atomic E-state index is 13.3. The van der Waals surface area contributed by atoms with Gasteiger partial charge in [0.15, 0.2) is 0 Å². The molecule has 0 bridgehead atoms. The molecule has 3 rings (SSSR count). The number of rotatable bonds is 6. The first-order valence-corrected chi connectivity index (χ1v) is 7.86.